The lowest BCUT2D eigenvalue weighted by Gasteiger charge is -2.13. The average molecular weight is 358 g/mol. The topological polar surface area (TPSA) is 90.7 Å². The molecular weight excluding hydrogens is 336 g/mol. The van der Waals surface area contributed by atoms with Crippen LogP contribution in [0.15, 0.2) is 36.4 Å². The first-order chi connectivity index (χ1) is 12.3. The number of nitrogens with zero attached hydrogens (tertiary/aromatic N) is 1. The normalized spacial score (nSPS) is 10.5. The number of methoxy groups -OCH3 is 1. The van der Waals surface area contributed by atoms with Crippen LogP contribution in [0.2, 0.25) is 0 Å². The molecule has 0 aliphatic rings. The van der Waals surface area contributed by atoms with E-state index in [-0.39, 0.29) is 24.0 Å². The SMILES string of the molecule is COc1cc([N+](=O)[O-])ccc1NC(=O)COc1cc(C(C)C)ccc1C. The first-order valence-corrected chi connectivity index (χ1v) is 8.17. The zero-order valence-electron chi connectivity index (χ0n) is 15.2. The Morgan fingerprint density at radius 1 is 1.19 bits per heavy atom. The summed E-state index contributed by atoms with van der Waals surface area (Å²) in [4.78, 5) is 22.5. The van der Waals surface area contributed by atoms with Crippen LogP contribution in [0.5, 0.6) is 11.5 Å². The van der Waals surface area contributed by atoms with E-state index >= 15 is 0 Å². The zero-order valence-corrected chi connectivity index (χ0v) is 15.2. The first kappa shape index (κ1) is 19.2. The number of hydrogen-bond acceptors (Lipinski definition) is 5. The highest BCUT2D eigenvalue weighted by molar-refractivity contribution is 5.93. The third-order valence-electron chi connectivity index (χ3n) is 3.91. The van der Waals surface area contributed by atoms with Gasteiger partial charge in [0.1, 0.15) is 11.5 Å². The summed E-state index contributed by atoms with van der Waals surface area (Å²) in [5, 5.41) is 13.5. The summed E-state index contributed by atoms with van der Waals surface area (Å²) >= 11 is 0. The number of amides is 1. The van der Waals surface area contributed by atoms with Gasteiger partial charge in [0, 0.05) is 6.07 Å². The standard InChI is InChI=1S/C19H22N2O5/c1-12(2)14-6-5-13(3)17(9-14)26-11-19(22)20-16-8-7-15(21(23)24)10-18(16)25-4/h5-10,12H,11H2,1-4H3,(H,20,22). The van der Waals surface area contributed by atoms with Crippen LogP contribution in [0.3, 0.4) is 0 Å². The minimum Gasteiger partial charge on any atom is -0.494 e. The Bertz CT molecular complexity index is 818. The number of nitrogens with one attached hydrogen (secondary N) is 1. The summed E-state index contributed by atoms with van der Waals surface area (Å²) in [6.07, 6.45) is 0. The Labute approximate surface area is 152 Å². The summed E-state index contributed by atoms with van der Waals surface area (Å²) in [5.41, 5.74) is 2.30. The van der Waals surface area contributed by atoms with E-state index < -0.39 is 4.92 Å². The van der Waals surface area contributed by atoms with Gasteiger partial charge in [-0.15, -0.1) is 0 Å². The van der Waals surface area contributed by atoms with Crippen molar-refractivity contribution >= 4 is 17.3 Å². The van der Waals surface area contributed by atoms with E-state index in [1.165, 1.54) is 25.3 Å². The minimum atomic E-state index is -0.526. The van der Waals surface area contributed by atoms with Crippen molar-refractivity contribution in [3.63, 3.8) is 0 Å². The van der Waals surface area contributed by atoms with Gasteiger partial charge in [0.15, 0.2) is 6.61 Å². The largest absolute Gasteiger partial charge is 0.494 e. The predicted molar refractivity (Wildman–Crippen MR) is 99.0 cm³/mol. The predicted octanol–water partition coefficient (Wildman–Crippen LogP) is 4.05. The number of carbonyl (C=O) groups excluding carboxylic acids is 1. The summed E-state index contributed by atoms with van der Waals surface area (Å²) in [6, 6.07) is 9.91. The van der Waals surface area contributed by atoms with E-state index in [1.54, 1.807) is 0 Å². The number of rotatable bonds is 7. The third kappa shape index (κ3) is 4.72. The van der Waals surface area contributed by atoms with E-state index in [0.29, 0.717) is 17.4 Å². The number of nitro benzene ring substituents is 1. The number of anilines is 1. The van der Waals surface area contributed by atoms with Gasteiger partial charge in [-0.1, -0.05) is 26.0 Å². The molecule has 2 aromatic rings. The van der Waals surface area contributed by atoms with Crippen molar-refractivity contribution in [1.82, 2.24) is 0 Å². The molecule has 0 bridgehead atoms. The summed E-state index contributed by atoms with van der Waals surface area (Å²) in [6.45, 7) is 5.91. The fourth-order valence-electron chi connectivity index (χ4n) is 2.36. The third-order valence-corrected chi connectivity index (χ3v) is 3.91. The van der Waals surface area contributed by atoms with E-state index in [9.17, 15) is 14.9 Å². The molecule has 2 rings (SSSR count). The lowest BCUT2D eigenvalue weighted by Crippen LogP contribution is -2.20. The zero-order chi connectivity index (χ0) is 19.3. The molecule has 1 amide bonds. The van der Waals surface area contributed by atoms with Gasteiger partial charge >= 0.3 is 0 Å². The molecule has 0 heterocycles. The second-order valence-corrected chi connectivity index (χ2v) is 6.16. The Morgan fingerprint density at radius 2 is 1.92 bits per heavy atom. The molecule has 1 N–H and O–H groups in total. The Hall–Kier alpha value is -3.09. The van der Waals surface area contributed by atoms with Gasteiger partial charge in [0.05, 0.1) is 23.8 Å². The number of aryl methyl sites for hydroxylation is 1. The smallest absolute Gasteiger partial charge is 0.273 e. The molecule has 0 radical (unpaired) electrons. The molecule has 0 unspecified atom stereocenters. The number of non-ortho nitro benzene ring substituents is 1. The molecule has 0 aliphatic carbocycles. The Morgan fingerprint density at radius 3 is 2.54 bits per heavy atom. The Balaban J connectivity index is 2.06. The molecule has 0 aliphatic heterocycles. The van der Waals surface area contributed by atoms with Gasteiger partial charge in [-0.2, -0.15) is 0 Å². The van der Waals surface area contributed by atoms with Crippen molar-refractivity contribution in [2.75, 3.05) is 19.0 Å². The summed E-state index contributed by atoms with van der Waals surface area (Å²) in [7, 11) is 1.38. The van der Waals surface area contributed by atoms with Crippen LogP contribution in [0.1, 0.15) is 30.9 Å². The van der Waals surface area contributed by atoms with E-state index in [1.807, 2.05) is 25.1 Å². The number of ether oxygens (including phenoxy) is 2. The molecule has 7 nitrogen and oxygen atoms in total. The number of nitro groups is 1. The highest BCUT2D eigenvalue weighted by Gasteiger charge is 2.14. The molecule has 7 heteroatoms. The quantitative estimate of drug-likeness (QED) is 0.595. The van der Waals surface area contributed by atoms with Gasteiger partial charge in [-0.25, -0.2) is 0 Å². The molecule has 26 heavy (non-hydrogen) atoms. The van der Waals surface area contributed by atoms with Gasteiger partial charge in [0.2, 0.25) is 0 Å². The first-order valence-electron chi connectivity index (χ1n) is 8.17. The molecular formula is C19H22N2O5. The van der Waals surface area contributed by atoms with Gasteiger partial charge in [-0.05, 0) is 36.1 Å². The highest BCUT2D eigenvalue weighted by atomic mass is 16.6. The maximum Gasteiger partial charge on any atom is 0.273 e. The monoisotopic (exact) mass is 358 g/mol. The Kier molecular flexibility index (Phi) is 6.16. The second kappa shape index (κ2) is 8.33. The van der Waals surface area contributed by atoms with Gasteiger partial charge < -0.3 is 14.8 Å². The fraction of sp³-hybridized carbons (Fsp3) is 0.316. The van der Waals surface area contributed by atoms with Crippen LogP contribution in [0.25, 0.3) is 0 Å². The number of hydrogen-bond donors (Lipinski definition) is 1. The van der Waals surface area contributed by atoms with Crippen LogP contribution in [0, 0.1) is 17.0 Å². The molecule has 0 fully saturated rings. The van der Waals surface area contributed by atoms with Crippen LogP contribution in [0.4, 0.5) is 11.4 Å². The number of benzene rings is 2. The lowest BCUT2D eigenvalue weighted by molar-refractivity contribution is -0.384. The molecule has 0 saturated carbocycles. The van der Waals surface area contributed by atoms with Crippen molar-refractivity contribution in [2.24, 2.45) is 0 Å². The van der Waals surface area contributed by atoms with Crippen LogP contribution in [-0.2, 0) is 4.79 Å². The second-order valence-electron chi connectivity index (χ2n) is 6.16. The van der Waals surface area contributed by atoms with E-state index in [0.717, 1.165) is 11.1 Å². The molecule has 0 spiro atoms. The molecule has 2 aromatic carbocycles. The summed E-state index contributed by atoms with van der Waals surface area (Å²) < 4.78 is 10.7. The van der Waals surface area contributed by atoms with Crippen molar-refractivity contribution in [3.05, 3.63) is 57.6 Å². The van der Waals surface area contributed by atoms with Crippen LogP contribution in [-0.4, -0.2) is 24.5 Å². The van der Waals surface area contributed by atoms with Gasteiger partial charge in [0.25, 0.3) is 11.6 Å². The van der Waals surface area contributed by atoms with Crippen molar-refractivity contribution in [3.8, 4) is 11.5 Å². The highest BCUT2D eigenvalue weighted by Crippen LogP contribution is 2.29. The van der Waals surface area contributed by atoms with Crippen LogP contribution < -0.4 is 14.8 Å². The van der Waals surface area contributed by atoms with Crippen molar-refractivity contribution < 1.29 is 19.2 Å². The molecule has 0 atom stereocenters. The van der Waals surface area contributed by atoms with Crippen LogP contribution >= 0.6 is 0 Å². The number of carbonyl (C=O) groups is 1. The maximum atomic E-state index is 12.2. The minimum absolute atomic E-state index is 0.114. The van der Waals surface area contributed by atoms with Crippen molar-refractivity contribution in [2.45, 2.75) is 26.7 Å². The molecule has 0 saturated heterocycles. The van der Waals surface area contributed by atoms with Gasteiger partial charge in [-0.3, -0.25) is 14.9 Å². The average Bonchev–Trinajstić information content (AvgIpc) is 2.60. The van der Waals surface area contributed by atoms with E-state index in [4.69, 9.17) is 9.47 Å². The van der Waals surface area contributed by atoms with E-state index in [2.05, 4.69) is 19.2 Å². The maximum absolute atomic E-state index is 12.2. The fourth-order valence-corrected chi connectivity index (χ4v) is 2.36. The van der Waals surface area contributed by atoms with Crippen molar-refractivity contribution in [1.29, 1.82) is 0 Å². The molecule has 0 aromatic heterocycles. The summed E-state index contributed by atoms with van der Waals surface area (Å²) in [5.74, 6) is 0.843. The lowest BCUT2D eigenvalue weighted by atomic mass is 10.0. The molecule has 138 valence electrons.